The van der Waals surface area contributed by atoms with E-state index in [4.69, 9.17) is 5.10 Å². The fraction of sp³-hybridized carbons (Fsp3) is 0.185. The molecule has 2 atom stereocenters. The van der Waals surface area contributed by atoms with Crippen LogP contribution in [0.3, 0.4) is 0 Å². The molecule has 0 spiro atoms. The molecule has 2 aromatic carbocycles. The van der Waals surface area contributed by atoms with Gasteiger partial charge in [-0.25, -0.2) is 23.1 Å². The van der Waals surface area contributed by atoms with Gasteiger partial charge >= 0.3 is 0 Å². The summed E-state index contributed by atoms with van der Waals surface area (Å²) in [5.41, 5.74) is 1.96. The molecule has 0 radical (unpaired) electrons. The van der Waals surface area contributed by atoms with Crippen LogP contribution in [0.5, 0.6) is 0 Å². The SMILES string of the molecule is O=S(=O)(Nc1ccc2c(Nc3cnccn3)nn(-c3ccnc(N4C[C@@H]5C[C@H]4CN5)c3)c2c1)c1ccccc1. The smallest absolute Gasteiger partial charge is 0.261 e. The summed E-state index contributed by atoms with van der Waals surface area (Å²) in [6, 6.07) is 18.5. The molecule has 2 saturated heterocycles. The second-order valence-corrected chi connectivity index (χ2v) is 11.3. The Morgan fingerprint density at radius 1 is 0.974 bits per heavy atom. The molecule has 196 valence electrons. The van der Waals surface area contributed by atoms with Crippen molar-refractivity contribution in [3.05, 3.63) is 85.5 Å². The van der Waals surface area contributed by atoms with E-state index in [1.165, 1.54) is 0 Å². The van der Waals surface area contributed by atoms with Crippen LogP contribution in [-0.4, -0.2) is 58.3 Å². The van der Waals surface area contributed by atoms with Gasteiger partial charge in [0.15, 0.2) is 5.82 Å². The van der Waals surface area contributed by atoms with Gasteiger partial charge in [0.2, 0.25) is 0 Å². The summed E-state index contributed by atoms with van der Waals surface area (Å²) in [6.07, 6.45) is 7.73. The normalized spacial score (nSPS) is 18.5. The van der Waals surface area contributed by atoms with Crippen molar-refractivity contribution in [3.63, 3.8) is 0 Å². The number of piperazine rings is 1. The molecule has 39 heavy (non-hydrogen) atoms. The molecule has 2 aliphatic heterocycles. The zero-order chi connectivity index (χ0) is 26.4. The molecule has 0 amide bonds. The summed E-state index contributed by atoms with van der Waals surface area (Å²) >= 11 is 0. The van der Waals surface area contributed by atoms with Crippen LogP contribution in [0.4, 0.5) is 23.1 Å². The summed E-state index contributed by atoms with van der Waals surface area (Å²) in [7, 11) is -3.76. The van der Waals surface area contributed by atoms with Gasteiger partial charge in [0.1, 0.15) is 11.6 Å². The molecule has 2 fully saturated rings. The van der Waals surface area contributed by atoms with Crippen molar-refractivity contribution >= 4 is 44.1 Å². The van der Waals surface area contributed by atoms with Gasteiger partial charge in [0.25, 0.3) is 10.0 Å². The number of hydrogen-bond acceptors (Lipinski definition) is 9. The molecular weight excluding hydrogens is 514 g/mol. The van der Waals surface area contributed by atoms with Gasteiger partial charge in [-0.3, -0.25) is 9.71 Å². The van der Waals surface area contributed by atoms with Crippen LogP contribution >= 0.6 is 0 Å². The first kappa shape index (κ1) is 23.6. The second kappa shape index (κ2) is 9.33. The van der Waals surface area contributed by atoms with Crippen molar-refractivity contribution in [2.45, 2.75) is 23.4 Å². The number of nitrogens with zero attached hydrogens (tertiary/aromatic N) is 6. The van der Waals surface area contributed by atoms with Gasteiger partial charge in [-0.1, -0.05) is 18.2 Å². The van der Waals surface area contributed by atoms with Crippen LogP contribution in [-0.2, 0) is 10.0 Å². The molecule has 5 heterocycles. The number of benzene rings is 2. The largest absolute Gasteiger partial charge is 0.351 e. The van der Waals surface area contributed by atoms with Crippen LogP contribution in [0, 0.1) is 0 Å². The fourth-order valence-corrected chi connectivity index (χ4v) is 6.37. The number of pyridine rings is 1. The van der Waals surface area contributed by atoms with Gasteiger partial charge in [-0.2, -0.15) is 0 Å². The highest BCUT2D eigenvalue weighted by molar-refractivity contribution is 7.92. The molecule has 3 aromatic heterocycles. The Hall–Kier alpha value is -4.55. The van der Waals surface area contributed by atoms with E-state index in [-0.39, 0.29) is 4.90 Å². The molecule has 12 heteroatoms. The average Bonchev–Trinajstić information content (AvgIpc) is 3.69. The third-order valence-electron chi connectivity index (χ3n) is 7.12. The lowest BCUT2D eigenvalue weighted by Gasteiger charge is -2.28. The minimum absolute atomic E-state index is 0.191. The molecule has 5 aromatic rings. The van der Waals surface area contributed by atoms with Crippen LogP contribution in [0.1, 0.15) is 6.42 Å². The van der Waals surface area contributed by atoms with Gasteiger partial charge in [-0.05, 0) is 42.8 Å². The summed E-state index contributed by atoms with van der Waals surface area (Å²) in [5, 5.41) is 12.4. The minimum atomic E-state index is -3.76. The Bertz CT molecular complexity index is 1760. The van der Waals surface area contributed by atoms with E-state index >= 15 is 0 Å². The number of anilines is 4. The standard InChI is InChI=1S/C27H25N9O2S/c37-39(38,22-4-2-1-3-5-22)34-18-6-7-23-24(13-18)36(33-27(23)32-25-16-28-10-11-29-25)20-8-9-30-26(14-20)35-17-19-12-21(35)15-31-19/h1-11,13-14,16,19,21,31,34H,12,15,17H2,(H,29,32,33)/t19-,21-/m0/s1. The van der Waals surface area contributed by atoms with E-state index < -0.39 is 10.0 Å². The predicted molar refractivity (Wildman–Crippen MR) is 149 cm³/mol. The summed E-state index contributed by atoms with van der Waals surface area (Å²) in [6.45, 7) is 1.88. The lowest BCUT2D eigenvalue weighted by Crippen LogP contribution is -2.44. The molecule has 0 unspecified atom stereocenters. The van der Waals surface area contributed by atoms with Gasteiger partial charge in [0.05, 0.1) is 28.0 Å². The fourth-order valence-electron chi connectivity index (χ4n) is 5.30. The Balaban J connectivity index is 1.31. The Kier molecular flexibility index (Phi) is 5.63. The molecule has 0 aliphatic carbocycles. The average molecular weight is 540 g/mol. The highest BCUT2D eigenvalue weighted by Gasteiger charge is 2.38. The highest BCUT2D eigenvalue weighted by Crippen LogP contribution is 2.33. The number of fused-ring (bicyclic) bond motifs is 3. The van der Waals surface area contributed by atoms with Crippen LogP contribution in [0.15, 0.2) is 90.3 Å². The highest BCUT2D eigenvalue weighted by atomic mass is 32.2. The predicted octanol–water partition coefficient (Wildman–Crippen LogP) is 3.31. The summed E-state index contributed by atoms with van der Waals surface area (Å²) in [4.78, 5) is 15.6. The number of nitrogens with one attached hydrogen (secondary N) is 3. The first-order valence-corrected chi connectivity index (χ1v) is 14.1. The molecule has 2 bridgehead atoms. The van der Waals surface area contributed by atoms with Crippen LogP contribution in [0.25, 0.3) is 16.6 Å². The number of rotatable bonds is 7. The minimum Gasteiger partial charge on any atom is -0.351 e. The van der Waals surface area contributed by atoms with Crippen molar-refractivity contribution in [1.29, 1.82) is 0 Å². The first-order valence-electron chi connectivity index (χ1n) is 12.6. The molecule has 11 nitrogen and oxygen atoms in total. The maximum atomic E-state index is 13.0. The monoisotopic (exact) mass is 539 g/mol. The van der Waals surface area contributed by atoms with E-state index in [0.717, 1.165) is 41.9 Å². The van der Waals surface area contributed by atoms with E-state index in [1.54, 1.807) is 71.9 Å². The second-order valence-electron chi connectivity index (χ2n) is 9.65. The summed E-state index contributed by atoms with van der Waals surface area (Å²) < 4.78 is 30.5. The van der Waals surface area contributed by atoms with Crippen molar-refractivity contribution in [1.82, 2.24) is 30.0 Å². The van der Waals surface area contributed by atoms with Gasteiger partial charge in [-0.15, -0.1) is 5.10 Å². The molecular formula is C27H25N9O2S. The van der Waals surface area contributed by atoms with Crippen LogP contribution in [0.2, 0.25) is 0 Å². The topological polar surface area (TPSA) is 130 Å². The van der Waals surface area contributed by atoms with E-state index in [0.29, 0.717) is 29.4 Å². The van der Waals surface area contributed by atoms with Crippen LogP contribution < -0.4 is 20.3 Å². The molecule has 2 aliphatic rings. The first-order chi connectivity index (χ1) is 19.0. The van der Waals surface area contributed by atoms with E-state index in [2.05, 4.69) is 35.2 Å². The van der Waals surface area contributed by atoms with Crippen molar-refractivity contribution < 1.29 is 8.42 Å². The Labute approximate surface area is 225 Å². The van der Waals surface area contributed by atoms with Crippen molar-refractivity contribution in [3.8, 4) is 5.69 Å². The summed E-state index contributed by atoms with van der Waals surface area (Å²) in [5.74, 6) is 2.02. The van der Waals surface area contributed by atoms with Gasteiger partial charge in [0, 0.05) is 55.2 Å². The zero-order valence-corrected chi connectivity index (χ0v) is 21.6. The lowest BCUT2D eigenvalue weighted by atomic mass is 10.2. The van der Waals surface area contributed by atoms with E-state index in [1.807, 2.05) is 18.2 Å². The maximum Gasteiger partial charge on any atom is 0.261 e. The molecule has 7 rings (SSSR count). The van der Waals surface area contributed by atoms with E-state index in [9.17, 15) is 8.42 Å². The quantitative estimate of drug-likeness (QED) is 0.285. The maximum absolute atomic E-state index is 13.0. The Morgan fingerprint density at radius 3 is 2.64 bits per heavy atom. The number of hydrogen-bond donors (Lipinski definition) is 3. The number of aromatic nitrogens is 5. The molecule has 3 N–H and O–H groups in total. The lowest BCUT2D eigenvalue weighted by molar-refractivity contribution is 0.576. The molecule has 0 saturated carbocycles. The third-order valence-corrected chi connectivity index (χ3v) is 8.52. The van der Waals surface area contributed by atoms with Crippen molar-refractivity contribution in [2.75, 3.05) is 28.0 Å². The Morgan fingerprint density at radius 2 is 1.87 bits per heavy atom. The van der Waals surface area contributed by atoms with Gasteiger partial charge < -0.3 is 15.5 Å². The van der Waals surface area contributed by atoms with Crippen molar-refractivity contribution in [2.24, 2.45) is 0 Å². The zero-order valence-electron chi connectivity index (χ0n) is 20.8. The number of sulfonamides is 1. The third kappa shape index (κ3) is 4.43.